The van der Waals surface area contributed by atoms with Crippen molar-refractivity contribution < 1.29 is 33.5 Å². The normalized spacial score (nSPS) is 25.8. The molecule has 206 valence electrons. The molecule has 1 unspecified atom stereocenters. The summed E-state index contributed by atoms with van der Waals surface area (Å²) in [5, 5.41) is 25.1. The van der Waals surface area contributed by atoms with E-state index in [9.17, 15) is 15.0 Å². The van der Waals surface area contributed by atoms with Crippen LogP contribution in [0.5, 0.6) is 5.75 Å². The number of nitrogen functional groups attached to an aromatic ring is 1. The van der Waals surface area contributed by atoms with Gasteiger partial charge in [-0.3, -0.25) is 9.36 Å². The third-order valence-corrected chi connectivity index (χ3v) is 8.33. The van der Waals surface area contributed by atoms with Gasteiger partial charge in [-0.2, -0.15) is 0 Å². The molecule has 15 heteroatoms. The van der Waals surface area contributed by atoms with Gasteiger partial charge in [0.25, 0.3) is 0 Å². The number of hydrogen-bond acceptors (Lipinski definition) is 12. The molecule has 0 bridgehead atoms. The smallest absolute Gasteiger partial charge is 0.323 e. The molecule has 1 saturated heterocycles. The first-order chi connectivity index (χ1) is 17.9. The average Bonchev–Trinajstić information content (AvgIpc) is 3.37. The van der Waals surface area contributed by atoms with Crippen molar-refractivity contribution in [1.82, 2.24) is 24.6 Å². The Kier molecular flexibility index (Phi) is 8.33. The van der Waals surface area contributed by atoms with Crippen LogP contribution in [0.4, 0.5) is 5.82 Å². The van der Waals surface area contributed by atoms with E-state index in [0.29, 0.717) is 16.9 Å². The molecule has 1 aromatic carbocycles. The van der Waals surface area contributed by atoms with Crippen LogP contribution in [0, 0.1) is 0 Å². The molecule has 0 spiro atoms. The lowest BCUT2D eigenvalue weighted by atomic mass is 9.96. The van der Waals surface area contributed by atoms with Crippen LogP contribution in [-0.2, 0) is 30.6 Å². The molecule has 38 heavy (non-hydrogen) atoms. The highest BCUT2D eigenvalue weighted by Gasteiger charge is 2.54. The van der Waals surface area contributed by atoms with Crippen LogP contribution in [0.15, 0.2) is 43.0 Å². The van der Waals surface area contributed by atoms with E-state index in [1.54, 1.807) is 45.0 Å². The predicted molar refractivity (Wildman–Crippen MR) is 141 cm³/mol. The van der Waals surface area contributed by atoms with Gasteiger partial charge in [0.15, 0.2) is 17.7 Å². The van der Waals surface area contributed by atoms with Crippen molar-refractivity contribution in [2.24, 2.45) is 0 Å². The number of benzene rings is 1. The lowest BCUT2D eigenvalue weighted by molar-refractivity contribution is -0.149. The molecular formula is C23H31N6O7PS. The maximum Gasteiger partial charge on any atom is 0.323 e. The topological polar surface area (TPSA) is 176 Å². The number of carbonyl (C=O) groups is 1. The number of imidazole rings is 1. The number of aliphatic hydroxyl groups excluding tert-OH is 1. The van der Waals surface area contributed by atoms with E-state index in [4.69, 9.17) is 36.1 Å². The Morgan fingerprint density at radius 1 is 1.29 bits per heavy atom. The predicted octanol–water partition coefficient (Wildman–Crippen LogP) is 1.67. The van der Waals surface area contributed by atoms with E-state index in [2.05, 4.69) is 20.0 Å². The number of rotatable bonds is 10. The lowest BCUT2D eigenvalue weighted by Crippen LogP contribution is -2.44. The first kappa shape index (κ1) is 28.3. The second-order valence-corrected chi connectivity index (χ2v) is 12.5. The number of fused-ring (bicyclic) bond motifs is 1. The van der Waals surface area contributed by atoms with Crippen LogP contribution in [0.1, 0.15) is 33.9 Å². The molecule has 1 aliphatic heterocycles. The second-order valence-electron chi connectivity index (χ2n) is 9.31. The van der Waals surface area contributed by atoms with Gasteiger partial charge in [-0.05, 0) is 51.6 Å². The summed E-state index contributed by atoms with van der Waals surface area (Å²) in [5.41, 5.74) is 4.78. The van der Waals surface area contributed by atoms with E-state index in [1.165, 1.54) is 24.1 Å². The largest absolute Gasteiger partial charge is 0.462 e. The monoisotopic (exact) mass is 566 g/mol. The quantitative estimate of drug-likeness (QED) is 0.206. The number of ether oxygens (including phenoxy) is 2. The maximum absolute atomic E-state index is 12.4. The third kappa shape index (κ3) is 5.96. The lowest BCUT2D eigenvalue weighted by Gasteiger charge is -2.28. The Hall–Kier alpha value is -2.71. The van der Waals surface area contributed by atoms with Crippen molar-refractivity contribution in [2.75, 3.05) is 12.3 Å². The van der Waals surface area contributed by atoms with E-state index in [-0.39, 0.29) is 18.5 Å². The summed E-state index contributed by atoms with van der Waals surface area (Å²) in [6.45, 7) is 2.84. The Morgan fingerprint density at radius 3 is 2.68 bits per heavy atom. The van der Waals surface area contributed by atoms with Gasteiger partial charge in [-0.25, -0.2) is 20.0 Å². The van der Waals surface area contributed by atoms with Gasteiger partial charge >= 0.3 is 12.6 Å². The number of para-hydroxylation sites is 1. The number of nitrogens with two attached hydrogens (primary N) is 1. The first-order valence-corrected chi connectivity index (χ1v) is 14.5. The van der Waals surface area contributed by atoms with Crippen molar-refractivity contribution in [1.29, 1.82) is 0 Å². The number of aromatic nitrogens is 4. The SMILES string of the molecule is CC(C)OC(=O)[C@H](C)NP(=S)(OC[C@H]1O[C@@H](n2cnc3c(N)ncnc32)[C@](C)(O)[C@@H]1O)Oc1ccccc1. The zero-order valence-electron chi connectivity index (χ0n) is 21.3. The minimum absolute atomic E-state index is 0.168. The first-order valence-electron chi connectivity index (χ1n) is 11.9. The molecule has 0 radical (unpaired) electrons. The van der Waals surface area contributed by atoms with Crippen molar-refractivity contribution in [3.8, 4) is 5.75 Å². The van der Waals surface area contributed by atoms with Crippen molar-refractivity contribution >= 4 is 41.4 Å². The molecule has 2 aromatic heterocycles. The Morgan fingerprint density at radius 2 is 2.00 bits per heavy atom. The van der Waals surface area contributed by atoms with Crippen LogP contribution in [0.2, 0.25) is 0 Å². The average molecular weight is 567 g/mol. The van der Waals surface area contributed by atoms with Crippen LogP contribution in [-0.4, -0.2) is 72.3 Å². The molecule has 6 atom stereocenters. The van der Waals surface area contributed by atoms with Crippen molar-refractivity contribution in [3.63, 3.8) is 0 Å². The number of anilines is 1. The number of nitrogens with zero attached hydrogens (tertiary/aromatic N) is 4. The number of carbonyl (C=O) groups excluding carboxylic acids is 1. The fourth-order valence-electron chi connectivity index (χ4n) is 3.93. The third-order valence-electron chi connectivity index (χ3n) is 5.83. The van der Waals surface area contributed by atoms with E-state index < -0.39 is 42.7 Å². The van der Waals surface area contributed by atoms with Crippen molar-refractivity contribution in [3.05, 3.63) is 43.0 Å². The highest BCUT2D eigenvalue weighted by atomic mass is 32.5. The van der Waals surface area contributed by atoms with Gasteiger partial charge in [0, 0.05) is 0 Å². The summed E-state index contributed by atoms with van der Waals surface area (Å²) in [4.78, 5) is 24.7. The number of nitrogens with one attached hydrogen (secondary N) is 1. The minimum atomic E-state index is -3.39. The Bertz CT molecular complexity index is 1320. The fraction of sp³-hybridized carbons (Fsp3) is 0.478. The zero-order chi connectivity index (χ0) is 27.7. The summed E-state index contributed by atoms with van der Waals surface area (Å²) in [5.74, 6) is 0.0670. The molecule has 1 aliphatic rings. The van der Waals surface area contributed by atoms with E-state index >= 15 is 0 Å². The summed E-state index contributed by atoms with van der Waals surface area (Å²) in [7, 11) is 0. The van der Waals surface area contributed by atoms with Gasteiger partial charge in [-0.15, -0.1) is 0 Å². The summed E-state index contributed by atoms with van der Waals surface area (Å²) >= 11 is 5.71. The van der Waals surface area contributed by atoms with Crippen LogP contribution in [0.25, 0.3) is 11.2 Å². The maximum atomic E-state index is 12.4. The summed E-state index contributed by atoms with van der Waals surface area (Å²) in [6, 6.07) is 7.90. The highest BCUT2D eigenvalue weighted by Crippen LogP contribution is 2.47. The Labute approximate surface area is 224 Å². The molecule has 3 aromatic rings. The van der Waals surface area contributed by atoms with Gasteiger partial charge in [-0.1, -0.05) is 18.2 Å². The van der Waals surface area contributed by atoms with E-state index in [0.717, 1.165) is 0 Å². The summed E-state index contributed by atoms with van der Waals surface area (Å²) in [6.07, 6.45) is -1.13. The summed E-state index contributed by atoms with van der Waals surface area (Å²) < 4.78 is 24.7. The van der Waals surface area contributed by atoms with Gasteiger partial charge in [0.1, 0.15) is 41.4 Å². The molecule has 13 nitrogen and oxygen atoms in total. The molecule has 0 aliphatic carbocycles. The zero-order valence-corrected chi connectivity index (χ0v) is 23.0. The number of esters is 1. The molecule has 5 N–H and O–H groups in total. The molecule has 0 saturated carbocycles. The number of aliphatic hydroxyl groups is 2. The molecule has 4 rings (SSSR count). The molecular weight excluding hydrogens is 535 g/mol. The molecule has 0 amide bonds. The van der Waals surface area contributed by atoms with Crippen molar-refractivity contribution in [2.45, 2.75) is 63.9 Å². The van der Waals surface area contributed by atoms with Crippen LogP contribution < -0.4 is 15.3 Å². The molecule has 1 fully saturated rings. The fourth-order valence-corrected chi connectivity index (χ4v) is 6.34. The Balaban J connectivity index is 1.54. The van der Waals surface area contributed by atoms with Crippen LogP contribution >= 0.6 is 6.64 Å². The van der Waals surface area contributed by atoms with Crippen LogP contribution in [0.3, 0.4) is 0 Å². The van der Waals surface area contributed by atoms with Gasteiger partial charge < -0.3 is 34.5 Å². The van der Waals surface area contributed by atoms with Gasteiger partial charge in [0.05, 0.1) is 19.0 Å². The highest BCUT2D eigenvalue weighted by molar-refractivity contribution is 8.09. The van der Waals surface area contributed by atoms with Gasteiger partial charge in [0.2, 0.25) is 0 Å². The minimum Gasteiger partial charge on any atom is -0.462 e. The number of hydrogen-bond donors (Lipinski definition) is 4. The van der Waals surface area contributed by atoms with E-state index in [1.807, 2.05) is 6.07 Å². The second kappa shape index (κ2) is 11.2. The molecule has 3 heterocycles. The standard InChI is InChI=1S/C23H31N6O7PS/c1-13(2)34-21(31)14(3)28-37(38,36-15-8-6-5-7-9-15)33-10-16-18(30)23(4,32)22(35-16)29-12-27-17-19(24)25-11-26-20(17)29/h5-9,11-14,16,18,22,30,32H,10H2,1-4H3,(H,28,38)(H2,24,25,26)/t14-,16+,18+,22+,23+,37?/m0/s1.